The Morgan fingerprint density at radius 1 is 1.33 bits per heavy atom. The van der Waals surface area contributed by atoms with Gasteiger partial charge in [-0.1, -0.05) is 6.92 Å². The van der Waals surface area contributed by atoms with Crippen molar-refractivity contribution in [3.8, 4) is 0 Å². The summed E-state index contributed by atoms with van der Waals surface area (Å²) in [4.78, 5) is 10.5. The Morgan fingerprint density at radius 3 is 2.67 bits per heavy atom. The zero-order valence-corrected chi connectivity index (χ0v) is 12.4. The number of nitrogens with zero attached hydrogens (tertiary/aromatic N) is 3. The smallest absolute Gasteiger partial charge is 0.273 e. The molecule has 112 valence electrons. The minimum absolute atomic E-state index is 0.0613. The van der Waals surface area contributed by atoms with E-state index in [0.29, 0.717) is 17.9 Å². The topological polar surface area (TPSA) is 85.0 Å². The summed E-state index contributed by atoms with van der Waals surface area (Å²) in [6.45, 7) is 2.64. The lowest BCUT2D eigenvalue weighted by Crippen LogP contribution is -2.02. The van der Waals surface area contributed by atoms with Crippen molar-refractivity contribution < 1.29 is 4.92 Å². The third-order valence-electron chi connectivity index (χ3n) is 3.23. The molecule has 0 spiro atoms. The molecule has 0 radical (unpaired) electrons. The van der Waals surface area contributed by atoms with E-state index in [1.807, 2.05) is 19.3 Å². The summed E-state index contributed by atoms with van der Waals surface area (Å²) in [5.74, 6) is 0. The molecule has 0 bridgehead atoms. The Balaban J connectivity index is 2.19. The summed E-state index contributed by atoms with van der Waals surface area (Å²) in [5.41, 5.74) is 3.60. The fraction of sp³-hybridized carbons (Fsp3) is 0.357. The number of benzene rings is 1. The van der Waals surface area contributed by atoms with Gasteiger partial charge >= 0.3 is 0 Å². The Kier molecular flexibility index (Phi) is 4.42. The normalized spacial score (nSPS) is 10.4. The zero-order chi connectivity index (χ0) is 15.4. The zero-order valence-electron chi connectivity index (χ0n) is 12.4. The van der Waals surface area contributed by atoms with Crippen LogP contribution in [0.2, 0.25) is 0 Å². The van der Waals surface area contributed by atoms with E-state index < -0.39 is 4.92 Å². The molecule has 0 saturated heterocycles. The van der Waals surface area contributed by atoms with Crippen LogP contribution in [0.4, 0.5) is 17.1 Å². The second-order valence-electron chi connectivity index (χ2n) is 4.76. The Morgan fingerprint density at radius 2 is 2.05 bits per heavy atom. The number of hydrogen-bond acceptors (Lipinski definition) is 5. The van der Waals surface area contributed by atoms with E-state index in [4.69, 9.17) is 0 Å². The van der Waals surface area contributed by atoms with Crippen molar-refractivity contribution in [2.45, 2.75) is 19.9 Å². The highest BCUT2D eigenvalue weighted by Gasteiger charge is 2.10. The summed E-state index contributed by atoms with van der Waals surface area (Å²) < 4.78 is 1.78. The third-order valence-corrected chi connectivity index (χ3v) is 3.23. The SMILES string of the molecule is CCc1nn(C)cc1CNc1cc(NC)cc([N+](=O)[O-])c1. The van der Waals surface area contributed by atoms with Crippen molar-refractivity contribution in [2.24, 2.45) is 7.05 Å². The molecular formula is C14H19N5O2. The van der Waals surface area contributed by atoms with Gasteiger partial charge in [-0.05, 0) is 12.5 Å². The van der Waals surface area contributed by atoms with Gasteiger partial charge < -0.3 is 10.6 Å². The molecule has 0 fully saturated rings. The number of rotatable bonds is 6. The van der Waals surface area contributed by atoms with Gasteiger partial charge in [0.15, 0.2) is 0 Å². The van der Waals surface area contributed by atoms with Crippen LogP contribution in [-0.4, -0.2) is 21.8 Å². The lowest BCUT2D eigenvalue weighted by Gasteiger charge is -2.08. The molecule has 0 aliphatic rings. The predicted octanol–water partition coefficient (Wildman–Crippen LogP) is 2.54. The minimum Gasteiger partial charge on any atom is -0.388 e. The molecule has 21 heavy (non-hydrogen) atoms. The molecule has 0 aliphatic carbocycles. The molecule has 1 aromatic carbocycles. The van der Waals surface area contributed by atoms with Crippen LogP contribution in [0.5, 0.6) is 0 Å². The number of nitrogens with one attached hydrogen (secondary N) is 2. The first kappa shape index (κ1) is 14.8. The summed E-state index contributed by atoms with van der Waals surface area (Å²) in [6, 6.07) is 4.88. The average Bonchev–Trinajstić information content (AvgIpc) is 2.84. The highest BCUT2D eigenvalue weighted by atomic mass is 16.6. The number of non-ortho nitro benzene ring substituents is 1. The second kappa shape index (κ2) is 6.25. The van der Waals surface area contributed by atoms with Gasteiger partial charge in [0.25, 0.3) is 5.69 Å². The summed E-state index contributed by atoms with van der Waals surface area (Å²) in [7, 11) is 3.62. The van der Waals surface area contributed by atoms with Gasteiger partial charge in [0, 0.05) is 55.9 Å². The fourth-order valence-electron chi connectivity index (χ4n) is 2.19. The van der Waals surface area contributed by atoms with Gasteiger partial charge in [0.05, 0.1) is 10.6 Å². The molecule has 0 unspecified atom stereocenters. The highest BCUT2D eigenvalue weighted by molar-refractivity contribution is 5.63. The molecule has 2 rings (SSSR count). The predicted molar refractivity (Wildman–Crippen MR) is 82.6 cm³/mol. The maximum atomic E-state index is 10.9. The van der Waals surface area contributed by atoms with Crippen LogP contribution in [-0.2, 0) is 20.0 Å². The Labute approximate surface area is 123 Å². The summed E-state index contributed by atoms with van der Waals surface area (Å²) in [6.07, 6.45) is 2.82. The van der Waals surface area contributed by atoms with Crippen LogP contribution >= 0.6 is 0 Å². The standard InChI is InChI=1S/C14H19N5O2/c1-4-14-10(9-18(3)17-14)8-16-12-5-11(15-2)6-13(7-12)19(20)21/h5-7,9,15-16H,4,8H2,1-3H3. The number of hydrogen-bond donors (Lipinski definition) is 2. The first-order valence-corrected chi connectivity index (χ1v) is 6.76. The lowest BCUT2D eigenvalue weighted by molar-refractivity contribution is -0.384. The molecular weight excluding hydrogens is 270 g/mol. The second-order valence-corrected chi connectivity index (χ2v) is 4.76. The minimum atomic E-state index is -0.395. The molecule has 1 aromatic heterocycles. The number of aryl methyl sites for hydroxylation is 2. The van der Waals surface area contributed by atoms with Crippen molar-refractivity contribution in [1.29, 1.82) is 0 Å². The van der Waals surface area contributed by atoms with Crippen molar-refractivity contribution in [3.63, 3.8) is 0 Å². The van der Waals surface area contributed by atoms with Gasteiger partial charge in [-0.2, -0.15) is 5.10 Å². The first-order chi connectivity index (χ1) is 10.0. The first-order valence-electron chi connectivity index (χ1n) is 6.76. The van der Waals surface area contributed by atoms with Gasteiger partial charge in [0.1, 0.15) is 0 Å². The van der Waals surface area contributed by atoms with E-state index in [-0.39, 0.29) is 5.69 Å². The van der Waals surface area contributed by atoms with Gasteiger partial charge in [-0.15, -0.1) is 0 Å². The van der Waals surface area contributed by atoms with E-state index in [0.717, 1.165) is 17.7 Å². The summed E-state index contributed by atoms with van der Waals surface area (Å²) in [5, 5.41) is 21.5. The molecule has 2 N–H and O–H groups in total. The van der Waals surface area contributed by atoms with Crippen molar-refractivity contribution in [1.82, 2.24) is 9.78 Å². The molecule has 0 atom stereocenters. The maximum Gasteiger partial charge on any atom is 0.273 e. The Hall–Kier alpha value is -2.57. The quantitative estimate of drug-likeness (QED) is 0.630. The van der Waals surface area contributed by atoms with Crippen LogP contribution in [0.25, 0.3) is 0 Å². The van der Waals surface area contributed by atoms with E-state index in [1.165, 1.54) is 12.1 Å². The van der Waals surface area contributed by atoms with Crippen LogP contribution in [0.1, 0.15) is 18.2 Å². The fourth-order valence-corrected chi connectivity index (χ4v) is 2.19. The van der Waals surface area contributed by atoms with E-state index in [1.54, 1.807) is 11.7 Å². The van der Waals surface area contributed by atoms with E-state index >= 15 is 0 Å². The lowest BCUT2D eigenvalue weighted by atomic mass is 10.2. The van der Waals surface area contributed by atoms with Gasteiger partial charge in [0.2, 0.25) is 0 Å². The molecule has 7 heteroatoms. The van der Waals surface area contributed by atoms with Crippen LogP contribution in [0, 0.1) is 10.1 Å². The molecule has 0 amide bonds. The maximum absolute atomic E-state index is 10.9. The van der Waals surface area contributed by atoms with Crippen molar-refractivity contribution in [2.75, 3.05) is 17.7 Å². The third kappa shape index (κ3) is 3.50. The van der Waals surface area contributed by atoms with Crippen molar-refractivity contribution >= 4 is 17.1 Å². The molecule has 1 heterocycles. The highest BCUT2D eigenvalue weighted by Crippen LogP contribution is 2.24. The van der Waals surface area contributed by atoms with Gasteiger partial charge in [-0.25, -0.2) is 0 Å². The largest absolute Gasteiger partial charge is 0.388 e. The molecule has 0 saturated carbocycles. The number of aromatic nitrogens is 2. The number of nitro groups is 1. The van der Waals surface area contributed by atoms with Crippen LogP contribution in [0.3, 0.4) is 0 Å². The average molecular weight is 289 g/mol. The number of anilines is 2. The molecule has 0 aliphatic heterocycles. The Bertz CT molecular complexity index is 651. The van der Waals surface area contributed by atoms with Crippen molar-refractivity contribution in [3.05, 3.63) is 45.8 Å². The van der Waals surface area contributed by atoms with E-state index in [2.05, 4.69) is 22.7 Å². The van der Waals surface area contributed by atoms with Crippen LogP contribution < -0.4 is 10.6 Å². The monoisotopic (exact) mass is 289 g/mol. The van der Waals surface area contributed by atoms with Crippen LogP contribution in [0.15, 0.2) is 24.4 Å². The van der Waals surface area contributed by atoms with Gasteiger partial charge in [-0.3, -0.25) is 14.8 Å². The number of nitro benzene ring substituents is 1. The molecule has 2 aromatic rings. The van der Waals surface area contributed by atoms with E-state index in [9.17, 15) is 10.1 Å². The molecule has 7 nitrogen and oxygen atoms in total. The summed E-state index contributed by atoms with van der Waals surface area (Å²) >= 11 is 0.